The first kappa shape index (κ1) is 7.19. The van der Waals surface area contributed by atoms with Crippen molar-refractivity contribution in [1.82, 2.24) is 10.6 Å². The largest absolute Gasteiger partial charge is 0.372 e. The van der Waals surface area contributed by atoms with Crippen LogP contribution in [-0.2, 0) is 0 Å². The van der Waals surface area contributed by atoms with Crippen LogP contribution < -0.4 is 10.6 Å². The molecule has 0 aromatic rings. The van der Waals surface area contributed by atoms with E-state index in [0.717, 1.165) is 18.9 Å². The van der Waals surface area contributed by atoms with E-state index in [1.807, 2.05) is 0 Å². The lowest BCUT2D eigenvalue weighted by Gasteiger charge is -2.12. The van der Waals surface area contributed by atoms with Crippen molar-refractivity contribution in [1.29, 1.82) is 0 Å². The molecular formula is C8H14N2. The molecule has 0 amide bonds. The Kier molecular flexibility index (Phi) is 2.87. The first-order valence-electron chi connectivity index (χ1n) is 3.78. The summed E-state index contributed by atoms with van der Waals surface area (Å²) in [6.07, 6.45) is 7.38. The molecule has 1 aliphatic rings. The number of dihydropyridines is 1. The van der Waals surface area contributed by atoms with Crippen LogP contribution in [0.2, 0.25) is 0 Å². The fourth-order valence-corrected chi connectivity index (χ4v) is 0.841. The summed E-state index contributed by atoms with van der Waals surface area (Å²) in [5, 5.41) is 6.49. The number of hydrogen-bond acceptors (Lipinski definition) is 2. The van der Waals surface area contributed by atoms with E-state index in [1.165, 1.54) is 6.42 Å². The second kappa shape index (κ2) is 3.99. The molecule has 2 nitrogen and oxygen atoms in total. The van der Waals surface area contributed by atoms with Gasteiger partial charge in [-0.1, -0.05) is 19.1 Å². The standard InChI is InChI=1S/C8H14N2/c1-2-6-9-8-5-3-4-7-10-8/h3-5,9-10H,2,6-7H2,1H3. The molecule has 0 aromatic carbocycles. The molecule has 2 N–H and O–H groups in total. The zero-order chi connectivity index (χ0) is 7.23. The number of nitrogens with one attached hydrogen (secondary N) is 2. The van der Waals surface area contributed by atoms with Gasteiger partial charge in [0.25, 0.3) is 0 Å². The van der Waals surface area contributed by atoms with Gasteiger partial charge in [-0.05, 0) is 12.5 Å². The zero-order valence-electron chi connectivity index (χ0n) is 6.35. The summed E-state index contributed by atoms with van der Waals surface area (Å²) in [7, 11) is 0. The van der Waals surface area contributed by atoms with Crippen molar-refractivity contribution in [3.63, 3.8) is 0 Å². The Morgan fingerprint density at radius 1 is 1.70 bits per heavy atom. The molecule has 1 heterocycles. The highest BCUT2D eigenvalue weighted by molar-refractivity contribution is 5.15. The third-order valence-electron chi connectivity index (χ3n) is 1.37. The van der Waals surface area contributed by atoms with Crippen molar-refractivity contribution >= 4 is 0 Å². The minimum absolute atomic E-state index is 0.947. The van der Waals surface area contributed by atoms with Gasteiger partial charge in [0.1, 0.15) is 0 Å². The van der Waals surface area contributed by atoms with Gasteiger partial charge >= 0.3 is 0 Å². The van der Waals surface area contributed by atoms with Crippen molar-refractivity contribution in [2.24, 2.45) is 0 Å². The maximum atomic E-state index is 3.27. The zero-order valence-corrected chi connectivity index (χ0v) is 6.35. The SMILES string of the molecule is CCCNC1=CC=CCN1. The molecule has 2 heteroatoms. The molecule has 0 bridgehead atoms. The van der Waals surface area contributed by atoms with Crippen LogP contribution in [0.5, 0.6) is 0 Å². The van der Waals surface area contributed by atoms with E-state index in [9.17, 15) is 0 Å². The Bertz CT molecular complexity index is 147. The van der Waals surface area contributed by atoms with Crippen molar-refractivity contribution in [2.45, 2.75) is 13.3 Å². The molecule has 0 radical (unpaired) electrons. The lowest BCUT2D eigenvalue weighted by Crippen LogP contribution is -2.28. The molecule has 1 aliphatic heterocycles. The van der Waals surface area contributed by atoms with E-state index in [0.29, 0.717) is 0 Å². The molecule has 0 atom stereocenters. The van der Waals surface area contributed by atoms with Crippen molar-refractivity contribution in [3.8, 4) is 0 Å². The van der Waals surface area contributed by atoms with Gasteiger partial charge in [0.15, 0.2) is 0 Å². The molecule has 10 heavy (non-hydrogen) atoms. The quantitative estimate of drug-likeness (QED) is 0.607. The van der Waals surface area contributed by atoms with E-state index in [1.54, 1.807) is 0 Å². The maximum absolute atomic E-state index is 3.27. The molecule has 0 unspecified atom stereocenters. The highest BCUT2D eigenvalue weighted by Gasteiger charge is 1.93. The Labute approximate surface area is 62.0 Å². The molecule has 0 aromatic heterocycles. The summed E-state index contributed by atoms with van der Waals surface area (Å²) < 4.78 is 0. The summed E-state index contributed by atoms with van der Waals surface area (Å²) in [6, 6.07) is 0. The summed E-state index contributed by atoms with van der Waals surface area (Å²) >= 11 is 0. The predicted molar refractivity (Wildman–Crippen MR) is 43.5 cm³/mol. The van der Waals surface area contributed by atoms with E-state index < -0.39 is 0 Å². The third kappa shape index (κ3) is 2.13. The summed E-state index contributed by atoms with van der Waals surface area (Å²) in [6.45, 7) is 4.15. The van der Waals surface area contributed by atoms with Gasteiger partial charge in [0.05, 0.1) is 5.82 Å². The molecule has 1 rings (SSSR count). The van der Waals surface area contributed by atoms with E-state index in [2.05, 4.69) is 35.8 Å². The Balaban J connectivity index is 2.25. The summed E-state index contributed by atoms with van der Waals surface area (Å²) in [5.41, 5.74) is 0. The second-order valence-corrected chi connectivity index (χ2v) is 2.32. The van der Waals surface area contributed by atoms with Gasteiger partial charge in [0.2, 0.25) is 0 Å². The first-order chi connectivity index (χ1) is 4.93. The summed E-state index contributed by atoms with van der Waals surface area (Å²) in [5.74, 6) is 1.14. The Morgan fingerprint density at radius 3 is 3.20 bits per heavy atom. The molecule has 0 saturated heterocycles. The Morgan fingerprint density at radius 2 is 2.60 bits per heavy atom. The minimum atomic E-state index is 0.947. The van der Waals surface area contributed by atoms with Crippen molar-refractivity contribution in [2.75, 3.05) is 13.1 Å². The highest BCUT2D eigenvalue weighted by Crippen LogP contribution is 1.91. The smallest absolute Gasteiger partial charge is 0.0988 e. The van der Waals surface area contributed by atoms with Gasteiger partial charge in [-0.25, -0.2) is 0 Å². The minimum Gasteiger partial charge on any atom is -0.372 e. The number of allylic oxidation sites excluding steroid dienone is 2. The fraction of sp³-hybridized carbons (Fsp3) is 0.500. The average molecular weight is 138 g/mol. The molecule has 0 aliphatic carbocycles. The Hall–Kier alpha value is -0.920. The van der Waals surface area contributed by atoms with Gasteiger partial charge in [0, 0.05) is 13.1 Å². The maximum Gasteiger partial charge on any atom is 0.0988 e. The summed E-state index contributed by atoms with van der Waals surface area (Å²) in [4.78, 5) is 0. The van der Waals surface area contributed by atoms with Crippen LogP contribution in [0.25, 0.3) is 0 Å². The second-order valence-electron chi connectivity index (χ2n) is 2.32. The monoisotopic (exact) mass is 138 g/mol. The van der Waals surface area contributed by atoms with Crippen LogP contribution in [0.3, 0.4) is 0 Å². The van der Waals surface area contributed by atoms with Gasteiger partial charge in [-0.3, -0.25) is 0 Å². The molecular weight excluding hydrogens is 124 g/mol. The lowest BCUT2D eigenvalue weighted by atomic mass is 10.3. The topological polar surface area (TPSA) is 24.1 Å². The molecule has 0 saturated carbocycles. The number of hydrogen-bond donors (Lipinski definition) is 2. The number of rotatable bonds is 3. The molecule has 56 valence electrons. The van der Waals surface area contributed by atoms with Crippen LogP contribution in [0.4, 0.5) is 0 Å². The highest BCUT2D eigenvalue weighted by atomic mass is 15.1. The van der Waals surface area contributed by atoms with Crippen molar-refractivity contribution in [3.05, 3.63) is 24.0 Å². The lowest BCUT2D eigenvalue weighted by molar-refractivity contribution is 0.693. The van der Waals surface area contributed by atoms with E-state index in [4.69, 9.17) is 0 Å². The fourth-order valence-electron chi connectivity index (χ4n) is 0.841. The van der Waals surface area contributed by atoms with Gasteiger partial charge < -0.3 is 10.6 Å². The van der Waals surface area contributed by atoms with Crippen LogP contribution in [-0.4, -0.2) is 13.1 Å². The van der Waals surface area contributed by atoms with Crippen LogP contribution in [0, 0.1) is 0 Å². The normalized spacial score (nSPS) is 15.9. The third-order valence-corrected chi connectivity index (χ3v) is 1.37. The van der Waals surface area contributed by atoms with E-state index >= 15 is 0 Å². The first-order valence-corrected chi connectivity index (χ1v) is 3.78. The van der Waals surface area contributed by atoms with Gasteiger partial charge in [-0.15, -0.1) is 0 Å². The van der Waals surface area contributed by atoms with Crippen LogP contribution in [0.1, 0.15) is 13.3 Å². The average Bonchev–Trinajstić information content (AvgIpc) is 2.03. The van der Waals surface area contributed by atoms with Gasteiger partial charge in [-0.2, -0.15) is 0 Å². The van der Waals surface area contributed by atoms with Crippen molar-refractivity contribution < 1.29 is 0 Å². The van der Waals surface area contributed by atoms with Crippen LogP contribution in [0.15, 0.2) is 24.0 Å². The predicted octanol–water partition coefficient (Wildman–Crippen LogP) is 0.987. The molecule has 0 spiro atoms. The molecule has 0 fully saturated rings. The van der Waals surface area contributed by atoms with Crippen LogP contribution >= 0.6 is 0 Å². The van der Waals surface area contributed by atoms with E-state index in [-0.39, 0.29) is 0 Å².